The second-order valence-corrected chi connectivity index (χ2v) is 2.47. The largest absolute Gasteiger partial charge is 0.479 e. The van der Waals surface area contributed by atoms with Crippen LogP contribution in [0.2, 0.25) is 0 Å². The second kappa shape index (κ2) is 3.92. The van der Waals surface area contributed by atoms with Gasteiger partial charge in [0.15, 0.2) is 6.10 Å². The number of aryl methyl sites for hydroxylation is 1. The van der Waals surface area contributed by atoms with Crippen LogP contribution >= 0.6 is 0 Å². The van der Waals surface area contributed by atoms with Gasteiger partial charge in [0, 0.05) is 6.42 Å². The number of hydrogen-bond acceptors (Lipinski definition) is 3. The summed E-state index contributed by atoms with van der Waals surface area (Å²) in [5.74, 6) is -0.503. The van der Waals surface area contributed by atoms with E-state index in [1.165, 1.54) is 6.26 Å². The van der Waals surface area contributed by atoms with E-state index in [1.807, 2.05) is 0 Å². The van der Waals surface area contributed by atoms with Crippen molar-refractivity contribution >= 4 is 5.97 Å². The number of rotatable bonds is 4. The molecule has 1 heterocycles. The molecule has 1 aromatic heterocycles. The van der Waals surface area contributed by atoms with Crippen LogP contribution in [0.3, 0.4) is 0 Å². The van der Waals surface area contributed by atoms with Crippen LogP contribution < -0.4 is 0 Å². The molecule has 2 N–H and O–H groups in total. The van der Waals surface area contributed by atoms with Crippen LogP contribution in [0, 0.1) is 0 Å². The smallest absolute Gasteiger partial charge is 0.332 e. The molecule has 12 heavy (non-hydrogen) atoms. The van der Waals surface area contributed by atoms with Crippen molar-refractivity contribution in [3.05, 3.63) is 24.2 Å². The second-order valence-electron chi connectivity index (χ2n) is 2.47. The first-order valence-electron chi connectivity index (χ1n) is 3.63. The maximum atomic E-state index is 10.2. The van der Waals surface area contributed by atoms with Gasteiger partial charge in [0.2, 0.25) is 0 Å². The zero-order chi connectivity index (χ0) is 8.97. The number of carbonyl (C=O) groups is 1. The normalized spacial score (nSPS) is 12.8. The maximum absolute atomic E-state index is 10.2. The average Bonchev–Trinajstić information content (AvgIpc) is 2.51. The highest BCUT2D eigenvalue weighted by Crippen LogP contribution is 2.05. The summed E-state index contributed by atoms with van der Waals surface area (Å²) in [5, 5.41) is 17.2. The Morgan fingerprint density at radius 2 is 2.42 bits per heavy atom. The number of carboxylic acid groups (broad SMARTS) is 1. The molecule has 0 saturated carbocycles. The molecule has 0 aromatic carbocycles. The third kappa shape index (κ3) is 2.39. The van der Waals surface area contributed by atoms with Gasteiger partial charge in [0.05, 0.1) is 6.26 Å². The van der Waals surface area contributed by atoms with Crippen molar-refractivity contribution in [3.63, 3.8) is 0 Å². The van der Waals surface area contributed by atoms with Gasteiger partial charge in [-0.15, -0.1) is 0 Å². The molecule has 0 fully saturated rings. The Morgan fingerprint density at radius 1 is 1.67 bits per heavy atom. The summed E-state index contributed by atoms with van der Waals surface area (Å²) in [6.07, 6.45) is 0.848. The lowest BCUT2D eigenvalue weighted by Gasteiger charge is -2.01. The number of carboxylic acids is 1. The first-order chi connectivity index (χ1) is 5.70. The SMILES string of the molecule is O=C(O)[C@H](O)CCc1ccco1. The summed E-state index contributed by atoms with van der Waals surface area (Å²) in [6.45, 7) is 0. The van der Waals surface area contributed by atoms with Gasteiger partial charge >= 0.3 is 5.97 Å². The van der Waals surface area contributed by atoms with Crippen molar-refractivity contribution in [3.8, 4) is 0 Å². The highest BCUT2D eigenvalue weighted by Gasteiger charge is 2.12. The molecule has 0 aliphatic heterocycles. The van der Waals surface area contributed by atoms with E-state index in [2.05, 4.69) is 0 Å². The maximum Gasteiger partial charge on any atom is 0.332 e. The Morgan fingerprint density at radius 3 is 2.92 bits per heavy atom. The zero-order valence-electron chi connectivity index (χ0n) is 6.43. The van der Waals surface area contributed by atoms with E-state index < -0.39 is 12.1 Å². The van der Waals surface area contributed by atoms with Gasteiger partial charge < -0.3 is 14.6 Å². The minimum Gasteiger partial charge on any atom is -0.479 e. The first kappa shape index (κ1) is 8.80. The quantitative estimate of drug-likeness (QED) is 0.696. The molecule has 0 bridgehead atoms. The van der Waals surface area contributed by atoms with E-state index in [-0.39, 0.29) is 6.42 Å². The van der Waals surface area contributed by atoms with E-state index in [0.29, 0.717) is 12.2 Å². The Labute approximate surface area is 69.4 Å². The molecular weight excluding hydrogens is 160 g/mol. The lowest BCUT2D eigenvalue weighted by molar-refractivity contribution is -0.146. The predicted octanol–water partition coefficient (Wildman–Crippen LogP) is 0.658. The fraction of sp³-hybridized carbons (Fsp3) is 0.375. The number of aliphatic hydroxyl groups is 1. The summed E-state index contributed by atoms with van der Waals surface area (Å²) in [5.41, 5.74) is 0. The van der Waals surface area contributed by atoms with Gasteiger partial charge in [-0.1, -0.05) is 0 Å². The lowest BCUT2D eigenvalue weighted by Crippen LogP contribution is -2.19. The Hall–Kier alpha value is -1.29. The summed E-state index contributed by atoms with van der Waals surface area (Å²) in [6, 6.07) is 3.47. The van der Waals surface area contributed by atoms with Crippen molar-refractivity contribution < 1.29 is 19.4 Å². The summed E-state index contributed by atoms with van der Waals surface area (Å²) >= 11 is 0. The van der Waals surface area contributed by atoms with Crippen molar-refractivity contribution in [2.75, 3.05) is 0 Å². The monoisotopic (exact) mass is 170 g/mol. The van der Waals surface area contributed by atoms with Crippen LogP contribution in [0.5, 0.6) is 0 Å². The minimum absolute atomic E-state index is 0.183. The molecule has 0 aliphatic rings. The average molecular weight is 170 g/mol. The van der Waals surface area contributed by atoms with Gasteiger partial charge in [-0.3, -0.25) is 0 Å². The fourth-order valence-corrected chi connectivity index (χ4v) is 0.857. The Balaban J connectivity index is 2.31. The van der Waals surface area contributed by atoms with Crippen molar-refractivity contribution in [1.82, 2.24) is 0 Å². The molecule has 0 spiro atoms. The predicted molar refractivity (Wildman–Crippen MR) is 40.7 cm³/mol. The molecule has 0 aliphatic carbocycles. The number of aliphatic hydroxyl groups excluding tert-OH is 1. The van der Waals surface area contributed by atoms with Crippen LogP contribution in [0.4, 0.5) is 0 Å². The molecule has 0 radical (unpaired) electrons. The summed E-state index contributed by atoms with van der Waals surface area (Å²) < 4.78 is 4.96. The third-order valence-corrected chi connectivity index (χ3v) is 1.53. The number of hydrogen-bond donors (Lipinski definition) is 2. The molecular formula is C8H10O4. The number of furan rings is 1. The minimum atomic E-state index is -1.30. The van der Waals surface area contributed by atoms with Crippen LogP contribution in [0.25, 0.3) is 0 Å². The van der Waals surface area contributed by atoms with E-state index in [4.69, 9.17) is 14.6 Å². The highest BCUT2D eigenvalue weighted by atomic mass is 16.4. The molecule has 1 rings (SSSR count). The van der Waals surface area contributed by atoms with Gasteiger partial charge in [0.1, 0.15) is 5.76 Å². The topological polar surface area (TPSA) is 70.7 Å². The van der Waals surface area contributed by atoms with E-state index >= 15 is 0 Å². The Kier molecular flexibility index (Phi) is 2.88. The van der Waals surface area contributed by atoms with Crippen LogP contribution in [-0.2, 0) is 11.2 Å². The molecule has 1 aromatic rings. The van der Waals surface area contributed by atoms with Crippen LogP contribution in [-0.4, -0.2) is 22.3 Å². The summed E-state index contributed by atoms with van der Waals surface area (Å²) in [4.78, 5) is 10.2. The molecule has 0 saturated heterocycles. The highest BCUT2D eigenvalue weighted by molar-refractivity contribution is 5.71. The standard InChI is InChI=1S/C8H10O4/c9-7(8(10)11)4-3-6-2-1-5-12-6/h1-2,5,7,9H,3-4H2,(H,10,11)/t7-/m1/s1. The van der Waals surface area contributed by atoms with Crippen LogP contribution in [0.1, 0.15) is 12.2 Å². The molecule has 0 amide bonds. The molecule has 1 atom stereocenters. The molecule has 0 unspecified atom stereocenters. The summed E-state index contributed by atoms with van der Waals surface area (Å²) in [7, 11) is 0. The van der Waals surface area contributed by atoms with Gasteiger partial charge in [-0.2, -0.15) is 0 Å². The lowest BCUT2D eigenvalue weighted by atomic mass is 10.2. The van der Waals surface area contributed by atoms with Crippen molar-refractivity contribution in [2.24, 2.45) is 0 Å². The van der Waals surface area contributed by atoms with Crippen LogP contribution in [0.15, 0.2) is 22.8 Å². The molecule has 66 valence electrons. The molecule has 4 nitrogen and oxygen atoms in total. The zero-order valence-corrected chi connectivity index (χ0v) is 6.43. The fourth-order valence-electron chi connectivity index (χ4n) is 0.857. The van der Waals surface area contributed by atoms with Crippen molar-refractivity contribution in [2.45, 2.75) is 18.9 Å². The van der Waals surface area contributed by atoms with Gasteiger partial charge in [0.25, 0.3) is 0 Å². The Bertz CT molecular complexity index is 240. The van der Waals surface area contributed by atoms with Crippen molar-refractivity contribution in [1.29, 1.82) is 0 Å². The van der Waals surface area contributed by atoms with E-state index in [9.17, 15) is 4.79 Å². The van der Waals surface area contributed by atoms with Gasteiger partial charge in [-0.05, 0) is 18.6 Å². The molecule has 4 heteroatoms. The van der Waals surface area contributed by atoms with E-state index in [0.717, 1.165) is 0 Å². The third-order valence-electron chi connectivity index (χ3n) is 1.53. The van der Waals surface area contributed by atoms with Gasteiger partial charge in [-0.25, -0.2) is 4.79 Å². The van der Waals surface area contributed by atoms with E-state index in [1.54, 1.807) is 12.1 Å². The first-order valence-corrected chi connectivity index (χ1v) is 3.63. The number of aliphatic carboxylic acids is 1.